The van der Waals surface area contributed by atoms with Gasteiger partial charge in [-0.3, -0.25) is 5.32 Å². The van der Waals surface area contributed by atoms with Gasteiger partial charge in [-0.15, -0.1) is 0 Å². The number of aliphatic hydroxyl groups is 1. The first-order valence-electron chi connectivity index (χ1n) is 9.41. The third-order valence-corrected chi connectivity index (χ3v) is 5.45. The van der Waals surface area contributed by atoms with E-state index in [2.05, 4.69) is 96.3 Å². The predicted octanol–water partition coefficient (Wildman–Crippen LogP) is 4.48. The van der Waals surface area contributed by atoms with Gasteiger partial charge in [-0.25, -0.2) is 0 Å². The highest BCUT2D eigenvalue weighted by Gasteiger charge is 2.39. The van der Waals surface area contributed by atoms with Crippen molar-refractivity contribution < 1.29 is 5.11 Å². The highest BCUT2D eigenvalue weighted by atomic mass is 16.3. The summed E-state index contributed by atoms with van der Waals surface area (Å²) in [5.41, 5.74) is 3.23. The predicted molar refractivity (Wildman–Crippen MR) is 106 cm³/mol. The topological polar surface area (TPSA) is 32.3 Å². The van der Waals surface area contributed by atoms with E-state index in [1.54, 1.807) is 0 Å². The summed E-state index contributed by atoms with van der Waals surface area (Å²) in [6, 6.07) is 32.2. The molecule has 0 spiro atoms. The molecule has 0 aromatic heterocycles. The second kappa shape index (κ2) is 7.45. The molecule has 2 nitrogen and oxygen atoms in total. The maximum atomic E-state index is 10.1. The van der Waals surface area contributed by atoms with Gasteiger partial charge in [-0.2, -0.15) is 0 Å². The molecule has 0 heterocycles. The summed E-state index contributed by atoms with van der Waals surface area (Å²) in [5, 5.41) is 14.0. The largest absolute Gasteiger partial charge is 0.393 e. The van der Waals surface area contributed by atoms with E-state index in [0.717, 1.165) is 19.3 Å². The van der Waals surface area contributed by atoms with Crippen LogP contribution in [-0.2, 0) is 5.54 Å². The lowest BCUT2D eigenvalue weighted by molar-refractivity contribution is 0.178. The van der Waals surface area contributed by atoms with Crippen LogP contribution in [0.1, 0.15) is 36.0 Å². The third kappa shape index (κ3) is 3.18. The van der Waals surface area contributed by atoms with E-state index in [4.69, 9.17) is 0 Å². The normalized spacial score (nSPS) is 20.2. The van der Waals surface area contributed by atoms with Crippen LogP contribution in [0.2, 0.25) is 0 Å². The fourth-order valence-electron chi connectivity index (χ4n) is 4.21. The van der Waals surface area contributed by atoms with Gasteiger partial charge >= 0.3 is 0 Å². The third-order valence-electron chi connectivity index (χ3n) is 5.45. The van der Waals surface area contributed by atoms with E-state index < -0.39 is 5.54 Å². The Bertz CT molecular complexity index is 720. The molecule has 3 aromatic rings. The van der Waals surface area contributed by atoms with Crippen LogP contribution in [-0.4, -0.2) is 17.3 Å². The second-order valence-electron chi connectivity index (χ2n) is 7.16. The van der Waals surface area contributed by atoms with Gasteiger partial charge in [0.2, 0.25) is 0 Å². The molecule has 0 radical (unpaired) electrons. The van der Waals surface area contributed by atoms with Crippen molar-refractivity contribution >= 4 is 0 Å². The monoisotopic (exact) mass is 343 g/mol. The van der Waals surface area contributed by atoms with Crippen LogP contribution in [0.3, 0.4) is 0 Å². The average molecular weight is 343 g/mol. The highest BCUT2D eigenvalue weighted by molar-refractivity contribution is 5.49. The lowest BCUT2D eigenvalue weighted by Gasteiger charge is -2.39. The van der Waals surface area contributed by atoms with Crippen molar-refractivity contribution in [2.45, 2.75) is 36.9 Å². The van der Waals surface area contributed by atoms with Crippen molar-refractivity contribution in [1.29, 1.82) is 0 Å². The van der Waals surface area contributed by atoms with E-state index in [1.807, 2.05) is 0 Å². The molecule has 0 bridgehead atoms. The van der Waals surface area contributed by atoms with Crippen LogP contribution in [0, 0.1) is 0 Å². The van der Waals surface area contributed by atoms with Crippen LogP contribution < -0.4 is 5.32 Å². The first-order valence-corrected chi connectivity index (χ1v) is 9.41. The number of hydrogen-bond donors (Lipinski definition) is 2. The van der Waals surface area contributed by atoms with Crippen molar-refractivity contribution in [3.05, 3.63) is 108 Å². The van der Waals surface area contributed by atoms with Gasteiger partial charge in [0.15, 0.2) is 0 Å². The zero-order chi connectivity index (χ0) is 17.8. The van der Waals surface area contributed by atoms with Crippen molar-refractivity contribution in [1.82, 2.24) is 5.32 Å². The standard InChI is InChI=1S/C24H25NO/c26-23-17-16-22(18-23)25-24(19-10-4-1-5-11-19,20-12-6-2-7-13-20)21-14-8-3-9-15-21/h1-15,22-23,25-26H,16-18H2. The molecule has 132 valence electrons. The Balaban J connectivity index is 1.91. The van der Waals surface area contributed by atoms with Crippen LogP contribution in [0.25, 0.3) is 0 Å². The number of aliphatic hydroxyl groups excluding tert-OH is 1. The molecule has 2 unspecified atom stereocenters. The van der Waals surface area contributed by atoms with Crippen molar-refractivity contribution in [2.75, 3.05) is 0 Å². The van der Waals surface area contributed by atoms with Crippen LogP contribution >= 0.6 is 0 Å². The number of hydrogen-bond acceptors (Lipinski definition) is 2. The molecule has 26 heavy (non-hydrogen) atoms. The van der Waals surface area contributed by atoms with Crippen molar-refractivity contribution in [3.63, 3.8) is 0 Å². The maximum Gasteiger partial charge on any atom is 0.0950 e. The van der Waals surface area contributed by atoms with Crippen molar-refractivity contribution in [3.8, 4) is 0 Å². The van der Waals surface area contributed by atoms with E-state index in [0.29, 0.717) is 0 Å². The van der Waals surface area contributed by atoms with Gasteiger partial charge in [0, 0.05) is 6.04 Å². The lowest BCUT2D eigenvalue weighted by Crippen LogP contribution is -2.49. The molecular formula is C24H25NO. The fourth-order valence-corrected chi connectivity index (χ4v) is 4.21. The minimum Gasteiger partial charge on any atom is -0.393 e. The Hall–Kier alpha value is -2.42. The summed E-state index contributed by atoms with van der Waals surface area (Å²) in [6.45, 7) is 0. The molecule has 1 aliphatic carbocycles. The molecule has 2 atom stereocenters. The lowest BCUT2D eigenvalue weighted by atomic mass is 9.76. The molecule has 3 aromatic carbocycles. The SMILES string of the molecule is OC1CCC(NC(c2ccccc2)(c2ccccc2)c2ccccc2)C1. The molecule has 0 aliphatic heterocycles. The minimum absolute atomic E-state index is 0.201. The minimum atomic E-state index is -0.432. The summed E-state index contributed by atoms with van der Waals surface area (Å²) in [4.78, 5) is 0. The number of nitrogens with one attached hydrogen (secondary N) is 1. The summed E-state index contributed by atoms with van der Waals surface area (Å²) in [5.74, 6) is 0. The van der Waals surface area contributed by atoms with E-state index in [1.165, 1.54) is 16.7 Å². The first kappa shape index (κ1) is 17.0. The molecule has 1 aliphatic rings. The molecule has 1 saturated carbocycles. The van der Waals surface area contributed by atoms with E-state index in [-0.39, 0.29) is 12.1 Å². The Morgan fingerprint density at radius 2 is 1.08 bits per heavy atom. The maximum absolute atomic E-state index is 10.1. The number of benzene rings is 3. The second-order valence-corrected chi connectivity index (χ2v) is 7.16. The highest BCUT2D eigenvalue weighted by Crippen LogP contribution is 2.38. The van der Waals surface area contributed by atoms with Crippen LogP contribution in [0.4, 0.5) is 0 Å². The summed E-state index contributed by atoms with van der Waals surface area (Å²) in [6.07, 6.45) is 2.46. The quantitative estimate of drug-likeness (QED) is 0.670. The fraction of sp³-hybridized carbons (Fsp3) is 0.250. The Morgan fingerprint density at radius 1 is 0.654 bits per heavy atom. The molecule has 2 heteroatoms. The van der Waals surface area contributed by atoms with Crippen LogP contribution in [0.15, 0.2) is 91.0 Å². The molecule has 0 saturated heterocycles. The molecule has 0 amide bonds. The summed E-state index contributed by atoms with van der Waals surface area (Å²) >= 11 is 0. The van der Waals surface area contributed by atoms with Crippen molar-refractivity contribution in [2.24, 2.45) is 0 Å². The van der Waals surface area contributed by atoms with E-state index >= 15 is 0 Å². The Labute approximate surface area is 155 Å². The molecule has 2 N–H and O–H groups in total. The van der Waals surface area contributed by atoms with E-state index in [9.17, 15) is 5.11 Å². The molecule has 1 fully saturated rings. The van der Waals surface area contributed by atoms with Gasteiger partial charge in [0.1, 0.15) is 0 Å². The van der Waals surface area contributed by atoms with Gasteiger partial charge in [0.05, 0.1) is 11.6 Å². The smallest absolute Gasteiger partial charge is 0.0950 e. The molecular weight excluding hydrogens is 318 g/mol. The zero-order valence-corrected chi connectivity index (χ0v) is 14.9. The first-order chi connectivity index (χ1) is 12.8. The summed E-state index contributed by atoms with van der Waals surface area (Å²) < 4.78 is 0. The number of rotatable bonds is 5. The Morgan fingerprint density at radius 3 is 1.42 bits per heavy atom. The van der Waals surface area contributed by atoms with Gasteiger partial charge in [0.25, 0.3) is 0 Å². The van der Waals surface area contributed by atoms with Crippen LogP contribution in [0.5, 0.6) is 0 Å². The Kier molecular flexibility index (Phi) is 4.87. The summed E-state index contributed by atoms with van der Waals surface area (Å²) in [7, 11) is 0. The molecule has 4 rings (SSSR count). The van der Waals surface area contributed by atoms with Gasteiger partial charge in [-0.05, 0) is 36.0 Å². The van der Waals surface area contributed by atoms with Gasteiger partial charge < -0.3 is 5.11 Å². The van der Waals surface area contributed by atoms with Gasteiger partial charge in [-0.1, -0.05) is 91.0 Å². The zero-order valence-electron chi connectivity index (χ0n) is 14.9. The average Bonchev–Trinajstić information content (AvgIpc) is 3.13.